The third kappa shape index (κ3) is 4.21. The zero-order valence-corrected chi connectivity index (χ0v) is 23.9. The monoisotopic (exact) mass is 571 g/mol. The summed E-state index contributed by atoms with van der Waals surface area (Å²) in [6, 6.07) is 11.9. The van der Waals surface area contributed by atoms with Crippen LogP contribution >= 0.6 is 0 Å². The van der Waals surface area contributed by atoms with Crippen molar-refractivity contribution >= 4 is 37.3 Å². The molecule has 39 heavy (non-hydrogen) atoms. The highest BCUT2D eigenvalue weighted by Gasteiger charge is 2.54. The maximum Gasteiger partial charge on any atom is 0.258 e. The Labute approximate surface area is 232 Å². The van der Waals surface area contributed by atoms with Gasteiger partial charge in [-0.1, -0.05) is 12.5 Å². The summed E-state index contributed by atoms with van der Waals surface area (Å²) in [6.45, 7) is 1.66. The number of hydrogen-bond acceptors (Lipinski definition) is 5. The summed E-state index contributed by atoms with van der Waals surface area (Å²) in [6.07, 6.45) is 11.2. The van der Waals surface area contributed by atoms with Crippen molar-refractivity contribution in [3.05, 3.63) is 53.6 Å². The van der Waals surface area contributed by atoms with E-state index < -0.39 is 20.0 Å². The van der Waals surface area contributed by atoms with Gasteiger partial charge in [0.05, 0.1) is 11.2 Å². The molecule has 1 amide bonds. The molecular weight excluding hydrogens is 534 g/mol. The van der Waals surface area contributed by atoms with E-state index in [1.807, 2.05) is 12.1 Å². The van der Waals surface area contributed by atoms with E-state index in [4.69, 9.17) is 0 Å². The van der Waals surface area contributed by atoms with Crippen molar-refractivity contribution in [2.45, 2.75) is 68.1 Å². The fraction of sp³-hybridized carbons (Fsp3) is 0.552. The quantitative estimate of drug-likeness (QED) is 0.559. The number of benzene rings is 2. The van der Waals surface area contributed by atoms with Gasteiger partial charge in [0.1, 0.15) is 0 Å². The van der Waals surface area contributed by atoms with Gasteiger partial charge in [-0.05, 0) is 104 Å². The lowest BCUT2D eigenvalue weighted by molar-refractivity contribution is -0.00794. The standard InChI is InChI=1S/C29H35N3O5S2.H2/c1-38(34,35)30-22-6-7-25-24(17-22)29(14-12-27(10-11-27)13-15-29)20-32(25)26(33)21-4-2-5-23(16-21)39(36,37)31-18-28(19-31)8-3-9-28;/h2,4-7,16-17,30H,3,8-15,18-20H2,1H3;1H. The van der Waals surface area contributed by atoms with Crippen LogP contribution in [0.3, 0.4) is 0 Å². The summed E-state index contributed by atoms with van der Waals surface area (Å²) in [7, 11) is -7.09. The predicted octanol–water partition coefficient (Wildman–Crippen LogP) is 4.73. The molecule has 1 N–H and O–H groups in total. The number of sulfonamides is 2. The Hall–Kier alpha value is -2.43. The average molecular weight is 572 g/mol. The molecule has 8 nitrogen and oxygen atoms in total. The van der Waals surface area contributed by atoms with Crippen molar-refractivity contribution < 1.29 is 23.1 Å². The molecule has 3 saturated carbocycles. The molecule has 1 saturated heterocycles. The molecule has 3 spiro atoms. The summed E-state index contributed by atoms with van der Waals surface area (Å²) in [5.41, 5.74) is 3.06. The number of hydrogen-bond donors (Lipinski definition) is 1. The Balaban J connectivity index is 0.00000289. The SMILES string of the molecule is CS(=O)(=O)Nc1ccc2c(c1)C1(CCC3(CC3)CC1)CN2C(=O)c1cccc(S(=O)(=O)N2CC3(CCC3)C2)c1.[HH]. The van der Waals surface area contributed by atoms with Crippen LogP contribution in [0.2, 0.25) is 0 Å². The highest BCUT2D eigenvalue weighted by molar-refractivity contribution is 7.92. The Bertz CT molecular complexity index is 1580. The number of amides is 1. The Morgan fingerprint density at radius 3 is 2.15 bits per heavy atom. The largest absolute Gasteiger partial charge is 0.307 e. The van der Waals surface area contributed by atoms with Gasteiger partial charge in [-0.15, -0.1) is 0 Å². The van der Waals surface area contributed by atoms with E-state index in [-0.39, 0.29) is 23.1 Å². The normalized spacial score (nSPS) is 24.3. The molecule has 0 atom stereocenters. The van der Waals surface area contributed by atoms with Crippen LogP contribution in [0.4, 0.5) is 11.4 Å². The Morgan fingerprint density at radius 1 is 0.846 bits per heavy atom. The molecule has 10 heteroatoms. The van der Waals surface area contributed by atoms with Gasteiger partial charge in [-0.25, -0.2) is 16.8 Å². The van der Waals surface area contributed by atoms with Gasteiger partial charge < -0.3 is 4.90 Å². The van der Waals surface area contributed by atoms with Crippen LogP contribution in [0.25, 0.3) is 0 Å². The molecule has 0 radical (unpaired) electrons. The first kappa shape index (κ1) is 25.5. The lowest BCUT2D eigenvalue weighted by Crippen LogP contribution is -2.61. The Kier molecular flexibility index (Phi) is 5.43. The van der Waals surface area contributed by atoms with Crippen molar-refractivity contribution in [3.63, 3.8) is 0 Å². The summed E-state index contributed by atoms with van der Waals surface area (Å²) in [4.78, 5) is 15.9. The van der Waals surface area contributed by atoms with E-state index in [9.17, 15) is 21.6 Å². The smallest absolute Gasteiger partial charge is 0.258 e. The fourth-order valence-electron chi connectivity index (χ4n) is 7.45. The third-order valence-corrected chi connectivity index (χ3v) is 12.6. The molecular formula is C29H37N3O5S2. The first-order chi connectivity index (χ1) is 18.4. The van der Waals surface area contributed by atoms with Crippen molar-refractivity contribution in [1.29, 1.82) is 0 Å². The molecule has 2 aromatic carbocycles. The van der Waals surface area contributed by atoms with Crippen LogP contribution in [0.15, 0.2) is 47.4 Å². The predicted molar refractivity (Wildman–Crippen MR) is 152 cm³/mol. The van der Waals surface area contributed by atoms with E-state index in [0.717, 1.165) is 56.0 Å². The summed E-state index contributed by atoms with van der Waals surface area (Å²) in [5, 5.41) is 0. The van der Waals surface area contributed by atoms with Gasteiger partial charge in [0.25, 0.3) is 5.91 Å². The molecule has 7 rings (SSSR count). The van der Waals surface area contributed by atoms with Crippen LogP contribution in [0, 0.1) is 10.8 Å². The third-order valence-electron chi connectivity index (χ3n) is 10.2. The van der Waals surface area contributed by atoms with Gasteiger partial charge in [0, 0.05) is 43.4 Å². The lowest BCUT2D eigenvalue weighted by Gasteiger charge is -2.54. The molecule has 4 fully saturated rings. The van der Waals surface area contributed by atoms with Gasteiger partial charge >= 0.3 is 0 Å². The molecule has 0 unspecified atom stereocenters. The first-order valence-corrected chi connectivity index (χ1v) is 17.3. The second-order valence-electron chi connectivity index (χ2n) is 12.9. The molecule has 0 bridgehead atoms. The molecule has 2 heterocycles. The second-order valence-corrected chi connectivity index (χ2v) is 16.6. The zero-order chi connectivity index (χ0) is 27.3. The number of fused-ring (bicyclic) bond motifs is 2. The molecule has 5 aliphatic rings. The summed E-state index contributed by atoms with van der Waals surface area (Å²) >= 11 is 0. The zero-order valence-electron chi connectivity index (χ0n) is 22.3. The molecule has 2 aliphatic heterocycles. The summed E-state index contributed by atoms with van der Waals surface area (Å²) in [5.74, 6) is -0.222. The van der Waals surface area contributed by atoms with Crippen LogP contribution < -0.4 is 9.62 Å². The second kappa shape index (κ2) is 8.30. The maximum absolute atomic E-state index is 14.0. The van der Waals surface area contributed by atoms with Crippen LogP contribution in [0.1, 0.15) is 75.1 Å². The van der Waals surface area contributed by atoms with Gasteiger partial charge in [0.2, 0.25) is 20.0 Å². The van der Waals surface area contributed by atoms with Crippen molar-refractivity contribution in [3.8, 4) is 0 Å². The van der Waals surface area contributed by atoms with E-state index in [1.54, 1.807) is 33.5 Å². The van der Waals surface area contributed by atoms with Crippen molar-refractivity contribution in [2.75, 3.05) is 35.5 Å². The molecule has 0 aromatic heterocycles. The van der Waals surface area contributed by atoms with Crippen molar-refractivity contribution in [2.24, 2.45) is 10.8 Å². The topological polar surface area (TPSA) is 104 Å². The van der Waals surface area contributed by atoms with Crippen LogP contribution in [-0.2, 0) is 25.5 Å². The van der Waals surface area contributed by atoms with Gasteiger partial charge in [-0.3, -0.25) is 9.52 Å². The number of rotatable bonds is 5. The molecule has 3 aliphatic carbocycles. The number of anilines is 2. The van der Waals surface area contributed by atoms with E-state index >= 15 is 0 Å². The minimum atomic E-state index is -3.65. The minimum Gasteiger partial charge on any atom is -0.307 e. The number of carbonyl (C=O) groups excluding carboxylic acids is 1. The molecule has 2 aromatic rings. The number of carbonyl (C=O) groups is 1. The highest BCUT2D eigenvalue weighted by atomic mass is 32.2. The van der Waals surface area contributed by atoms with E-state index in [2.05, 4.69) is 4.72 Å². The van der Waals surface area contributed by atoms with Crippen molar-refractivity contribution in [1.82, 2.24) is 4.31 Å². The van der Waals surface area contributed by atoms with Gasteiger partial charge in [-0.2, -0.15) is 4.31 Å². The van der Waals surface area contributed by atoms with E-state index in [1.165, 1.54) is 25.3 Å². The Morgan fingerprint density at radius 2 is 1.54 bits per heavy atom. The minimum absolute atomic E-state index is 0. The van der Waals surface area contributed by atoms with Crippen LogP contribution in [-0.4, -0.2) is 52.9 Å². The fourth-order valence-corrected chi connectivity index (χ4v) is 9.72. The van der Waals surface area contributed by atoms with E-state index in [0.29, 0.717) is 36.3 Å². The average Bonchev–Trinajstić information content (AvgIpc) is 3.53. The number of nitrogens with zero attached hydrogens (tertiary/aromatic N) is 2. The van der Waals surface area contributed by atoms with Crippen LogP contribution in [0.5, 0.6) is 0 Å². The summed E-state index contributed by atoms with van der Waals surface area (Å²) < 4.78 is 54.7. The first-order valence-electron chi connectivity index (χ1n) is 14.0. The molecule has 210 valence electrons. The lowest BCUT2D eigenvalue weighted by atomic mass is 9.65. The van der Waals surface area contributed by atoms with Gasteiger partial charge in [0.15, 0.2) is 0 Å². The highest BCUT2D eigenvalue weighted by Crippen LogP contribution is 2.62. The number of nitrogens with one attached hydrogen (secondary N) is 1. The maximum atomic E-state index is 14.0.